The number of nitrogens with zero attached hydrogens (tertiary/aromatic N) is 2. The van der Waals surface area contributed by atoms with Crippen LogP contribution in [-0.4, -0.2) is 73.5 Å². The molecule has 0 aromatic heterocycles. The third-order valence-electron chi connectivity index (χ3n) is 4.06. The number of ether oxygens (including phenoxy) is 1. The minimum absolute atomic E-state index is 0.348. The number of hydrogen-bond acceptors (Lipinski definition) is 4. The van der Waals surface area contributed by atoms with Crippen LogP contribution in [-0.2, 0) is 4.74 Å². The predicted molar refractivity (Wildman–Crippen MR) is 68.1 cm³/mol. The molecule has 0 aliphatic carbocycles. The Balaban J connectivity index is 1.75. The molecule has 0 amide bonds. The van der Waals surface area contributed by atoms with Gasteiger partial charge in [0.1, 0.15) is 0 Å². The lowest BCUT2D eigenvalue weighted by Gasteiger charge is -2.39. The average Bonchev–Trinajstić information content (AvgIpc) is 2.40. The van der Waals surface area contributed by atoms with Crippen LogP contribution in [0.25, 0.3) is 0 Å². The predicted octanol–water partition coefficient (Wildman–Crippen LogP) is 0.411. The summed E-state index contributed by atoms with van der Waals surface area (Å²) in [6.45, 7) is 9.97. The maximum absolute atomic E-state index is 9.26. The molecule has 17 heavy (non-hydrogen) atoms. The SMILES string of the molecule is CC(CN1CCOCC1)N1CCCC(CO)C1. The molecule has 0 aromatic rings. The zero-order valence-corrected chi connectivity index (χ0v) is 11.0. The Morgan fingerprint density at radius 3 is 2.76 bits per heavy atom. The van der Waals surface area contributed by atoms with Crippen LogP contribution in [0.1, 0.15) is 19.8 Å². The molecule has 0 spiro atoms. The molecule has 2 aliphatic heterocycles. The van der Waals surface area contributed by atoms with Crippen molar-refractivity contribution in [2.24, 2.45) is 5.92 Å². The van der Waals surface area contributed by atoms with Gasteiger partial charge in [-0.05, 0) is 32.2 Å². The summed E-state index contributed by atoms with van der Waals surface area (Å²) in [5.74, 6) is 0.496. The van der Waals surface area contributed by atoms with Crippen molar-refractivity contribution in [1.82, 2.24) is 9.80 Å². The van der Waals surface area contributed by atoms with Crippen LogP contribution in [0, 0.1) is 5.92 Å². The van der Waals surface area contributed by atoms with Gasteiger partial charge in [0, 0.05) is 38.8 Å². The first-order valence-electron chi connectivity index (χ1n) is 6.94. The van der Waals surface area contributed by atoms with E-state index in [0.29, 0.717) is 18.6 Å². The van der Waals surface area contributed by atoms with Crippen LogP contribution in [0.2, 0.25) is 0 Å². The van der Waals surface area contributed by atoms with E-state index < -0.39 is 0 Å². The molecule has 2 heterocycles. The van der Waals surface area contributed by atoms with Crippen LogP contribution in [0.15, 0.2) is 0 Å². The fourth-order valence-corrected chi connectivity index (χ4v) is 2.92. The Kier molecular flexibility index (Phi) is 5.22. The van der Waals surface area contributed by atoms with E-state index in [4.69, 9.17) is 4.74 Å². The minimum atomic E-state index is 0.348. The van der Waals surface area contributed by atoms with Gasteiger partial charge in [0.05, 0.1) is 13.2 Å². The summed E-state index contributed by atoms with van der Waals surface area (Å²) >= 11 is 0. The number of likely N-dealkylation sites (tertiary alicyclic amines) is 1. The molecule has 4 heteroatoms. The summed E-state index contributed by atoms with van der Waals surface area (Å²) < 4.78 is 5.37. The lowest BCUT2D eigenvalue weighted by Crippen LogP contribution is -2.49. The average molecular weight is 242 g/mol. The third-order valence-corrected chi connectivity index (χ3v) is 4.06. The monoisotopic (exact) mass is 242 g/mol. The summed E-state index contributed by atoms with van der Waals surface area (Å²) in [5, 5.41) is 9.26. The second kappa shape index (κ2) is 6.69. The fraction of sp³-hybridized carbons (Fsp3) is 1.00. The number of rotatable bonds is 4. The molecule has 100 valence electrons. The summed E-state index contributed by atoms with van der Waals surface area (Å²) in [4.78, 5) is 5.04. The minimum Gasteiger partial charge on any atom is -0.396 e. The molecular formula is C13H26N2O2. The van der Waals surface area contributed by atoms with Crippen LogP contribution >= 0.6 is 0 Å². The Morgan fingerprint density at radius 2 is 2.06 bits per heavy atom. The van der Waals surface area contributed by atoms with Gasteiger partial charge in [0.15, 0.2) is 0 Å². The molecule has 0 bridgehead atoms. The highest BCUT2D eigenvalue weighted by atomic mass is 16.5. The molecule has 2 atom stereocenters. The molecule has 2 unspecified atom stereocenters. The number of aliphatic hydroxyl groups is 1. The summed E-state index contributed by atoms with van der Waals surface area (Å²) in [6, 6.07) is 0.599. The van der Waals surface area contributed by atoms with Gasteiger partial charge >= 0.3 is 0 Å². The van der Waals surface area contributed by atoms with Gasteiger partial charge in [-0.3, -0.25) is 9.80 Å². The van der Waals surface area contributed by atoms with E-state index in [1.807, 2.05) is 0 Å². The number of hydrogen-bond donors (Lipinski definition) is 1. The molecule has 4 nitrogen and oxygen atoms in total. The topological polar surface area (TPSA) is 35.9 Å². The highest BCUT2D eigenvalue weighted by Gasteiger charge is 2.24. The lowest BCUT2D eigenvalue weighted by molar-refractivity contribution is 0.0165. The van der Waals surface area contributed by atoms with E-state index in [1.54, 1.807) is 0 Å². The van der Waals surface area contributed by atoms with Crippen molar-refractivity contribution in [2.75, 3.05) is 52.5 Å². The van der Waals surface area contributed by atoms with Crippen molar-refractivity contribution in [3.8, 4) is 0 Å². The summed E-state index contributed by atoms with van der Waals surface area (Å²) in [5.41, 5.74) is 0. The first-order valence-corrected chi connectivity index (χ1v) is 6.94. The van der Waals surface area contributed by atoms with Crippen molar-refractivity contribution in [3.05, 3.63) is 0 Å². The van der Waals surface area contributed by atoms with E-state index in [9.17, 15) is 5.11 Å². The largest absolute Gasteiger partial charge is 0.396 e. The lowest BCUT2D eigenvalue weighted by atomic mass is 9.97. The van der Waals surface area contributed by atoms with E-state index in [1.165, 1.54) is 19.4 Å². The second-order valence-electron chi connectivity index (χ2n) is 5.45. The van der Waals surface area contributed by atoms with Crippen LogP contribution < -0.4 is 0 Å². The van der Waals surface area contributed by atoms with Crippen molar-refractivity contribution in [3.63, 3.8) is 0 Å². The van der Waals surface area contributed by atoms with E-state index in [2.05, 4.69) is 16.7 Å². The van der Waals surface area contributed by atoms with Gasteiger partial charge in [0.2, 0.25) is 0 Å². The molecule has 2 fully saturated rings. The molecular weight excluding hydrogens is 216 g/mol. The second-order valence-corrected chi connectivity index (χ2v) is 5.45. The van der Waals surface area contributed by atoms with E-state index in [-0.39, 0.29) is 0 Å². The Morgan fingerprint density at radius 1 is 1.29 bits per heavy atom. The van der Waals surface area contributed by atoms with Gasteiger partial charge in [-0.25, -0.2) is 0 Å². The maximum atomic E-state index is 9.26. The molecule has 0 aromatic carbocycles. The highest BCUT2D eigenvalue weighted by Crippen LogP contribution is 2.18. The quantitative estimate of drug-likeness (QED) is 0.775. The van der Waals surface area contributed by atoms with Crippen molar-refractivity contribution >= 4 is 0 Å². The molecule has 1 N–H and O–H groups in total. The maximum Gasteiger partial charge on any atom is 0.0594 e. The van der Waals surface area contributed by atoms with Gasteiger partial charge in [-0.2, -0.15) is 0 Å². The molecule has 2 rings (SSSR count). The molecule has 0 saturated carbocycles. The fourth-order valence-electron chi connectivity index (χ4n) is 2.92. The number of piperidine rings is 1. The summed E-state index contributed by atoms with van der Waals surface area (Å²) in [7, 11) is 0. The summed E-state index contributed by atoms with van der Waals surface area (Å²) in [6.07, 6.45) is 2.43. The highest BCUT2D eigenvalue weighted by molar-refractivity contribution is 4.79. The number of aliphatic hydroxyl groups excluding tert-OH is 1. The first-order chi connectivity index (χ1) is 8.29. The molecule has 0 radical (unpaired) electrons. The van der Waals surface area contributed by atoms with Crippen LogP contribution in [0.3, 0.4) is 0 Å². The van der Waals surface area contributed by atoms with E-state index in [0.717, 1.165) is 39.4 Å². The van der Waals surface area contributed by atoms with Gasteiger partial charge in [0.25, 0.3) is 0 Å². The van der Waals surface area contributed by atoms with Gasteiger partial charge < -0.3 is 9.84 Å². The Labute approximate surface area is 105 Å². The standard InChI is InChI=1S/C13H26N2O2/c1-12(9-14-5-7-17-8-6-14)15-4-2-3-13(10-15)11-16/h12-13,16H,2-11H2,1H3. The molecule has 2 aliphatic rings. The van der Waals surface area contributed by atoms with E-state index >= 15 is 0 Å². The Hall–Kier alpha value is -0.160. The Bertz CT molecular complexity index is 219. The van der Waals surface area contributed by atoms with Crippen LogP contribution in [0.5, 0.6) is 0 Å². The van der Waals surface area contributed by atoms with Crippen molar-refractivity contribution in [1.29, 1.82) is 0 Å². The van der Waals surface area contributed by atoms with Crippen molar-refractivity contribution < 1.29 is 9.84 Å². The first kappa shape index (κ1) is 13.3. The molecule has 2 saturated heterocycles. The van der Waals surface area contributed by atoms with Crippen LogP contribution in [0.4, 0.5) is 0 Å². The zero-order valence-electron chi connectivity index (χ0n) is 11.0. The third kappa shape index (κ3) is 3.91. The smallest absolute Gasteiger partial charge is 0.0594 e. The number of morpholine rings is 1. The van der Waals surface area contributed by atoms with Gasteiger partial charge in [-0.1, -0.05) is 0 Å². The van der Waals surface area contributed by atoms with Crippen molar-refractivity contribution in [2.45, 2.75) is 25.8 Å². The zero-order chi connectivity index (χ0) is 12.1. The van der Waals surface area contributed by atoms with Gasteiger partial charge in [-0.15, -0.1) is 0 Å². The normalized spacial score (nSPS) is 30.4.